The summed E-state index contributed by atoms with van der Waals surface area (Å²) in [5, 5.41) is 8.74. The number of fused-ring (bicyclic) bond motifs is 1. The molecule has 0 N–H and O–H groups in total. The van der Waals surface area contributed by atoms with Crippen LogP contribution in [0.3, 0.4) is 0 Å². The molecule has 27 heavy (non-hydrogen) atoms. The molecule has 0 bridgehead atoms. The van der Waals surface area contributed by atoms with Crippen LogP contribution < -0.4 is 4.74 Å². The molecule has 1 aliphatic rings. The summed E-state index contributed by atoms with van der Waals surface area (Å²) in [6.07, 6.45) is 0. The van der Waals surface area contributed by atoms with Crippen molar-refractivity contribution in [1.82, 2.24) is 4.90 Å². The van der Waals surface area contributed by atoms with Crippen molar-refractivity contribution >= 4 is 17.8 Å². The third kappa shape index (κ3) is 3.65. The van der Waals surface area contributed by atoms with Gasteiger partial charge in [-0.1, -0.05) is 12.1 Å². The van der Waals surface area contributed by atoms with Crippen molar-refractivity contribution in [2.45, 2.75) is 13.0 Å². The van der Waals surface area contributed by atoms with Gasteiger partial charge in [0.2, 0.25) is 0 Å². The Labute approximate surface area is 155 Å². The number of benzene rings is 2. The predicted molar refractivity (Wildman–Crippen MR) is 94.0 cm³/mol. The molecule has 0 saturated heterocycles. The second-order valence-corrected chi connectivity index (χ2v) is 5.85. The number of hydrogen-bond donors (Lipinski definition) is 0. The average molecular weight is 364 g/mol. The number of esters is 1. The maximum Gasteiger partial charge on any atom is 0.329 e. The van der Waals surface area contributed by atoms with Crippen LogP contribution in [0.15, 0.2) is 48.5 Å². The number of ether oxygens (including phenoxy) is 2. The normalized spacial score (nSPS) is 13.7. The van der Waals surface area contributed by atoms with Gasteiger partial charge in [-0.25, -0.2) is 4.79 Å². The molecule has 0 fully saturated rings. The maximum atomic E-state index is 12.4. The quantitative estimate of drug-likeness (QED) is 0.443. The fourth-order valence-corrected chi connectivity index (χ4v) is 2.71. The fraction of sp³-hybridized carbons (Fsp3) is 0.200. The Bertz CT molecular complexity index is 895. The van der Waals surface area contributed by atoms with E-state index in [4.69, 9.17) is 14.7 Å². The number of nitrogens with zero attached hydrogens (tertiary/aromatic N) is 2. The van der Waals surface area contributed by atoms with Crippen LogP contribution in [-0.4, -0.2) is 41.9 Å². The van der Waals surface area contributed by atoms with Gasteiger partial charge in [0.25, 0.3) is 11.8 Å². The zero-order valence-corrected chi connectivity index (χ0v) is 14.5. The van der Waals surface area contributed by atoms with Gasteiger partial charge >= 0.3 is 5.97 Å². The highest BCUT2D eigenvalue weighted by molar-refractivity contribution is 6.22. The van der Waals surface area contributed by atoms with Gasteiger partial charge in [-0.05, 0) is 43.3 Å². The van der Waals surface area contributed by atoms with Crippen LogP contribution in [0.2, 0.25) is 0 Å². The topological polar surface area (TPSA) is 96.7 Å². The van der Waals surface area contributed by atoms with Crippen LogP contribution in [0, 0.1) is 11.3 Å². The standard InChI is InChI=1S/C20H16N2O5/c1-13(22-18(23)16-4-2-3-5-17(16)19(22)24)20(25)27-11-10-26-15-8-6-14(12-21)7-9-15/h2-9,13H,10-11H2,1H3/t13-/m0/s1. The zero-order valence-electron chi connectivity index (χ0n) is 14.5. The number of hydrogen-bond acceptors (Lipinski definition) is 6. The monoisotopic (exact) mass is 364 g/mol. The molecule has 2 aromatic rings. The van der Waals surface area contributed by atoms with Crippen LogP contribution >= 0.6 is 0 Å². The minimum atomic E-state index is -1.03. The summed E-state index contributed by atoms with van der Waals surface area (Å²) in [6.45, 7) is 1.52. The van der Waals surface area contributed by atoms with Crippen LogP contribution in [0.5, 0.6) is 5.75 Å². The van der Waals surface area contributed by atoms with Crippen LogP contribution in [-0.2, 0) is 9.53 Å². The van der Waals surface area contributed by atoms with E-state index < -0.39 is 23.8 Å². The molecule has 3 rings (SSSR count). The van der Waals surface area contributed by atoms with Gasteiger partial charge in [0.15, 0.2) is 0 Å². The maximum absolute atomic E-state index is 12.4. The lowest BCUT2D eigenvalue weighted by molar-refractivity contribution is -0.148. The summed E-state index contributed by atoms with van der Waals surface area (Å²) in [7, 11) is 0. The summed E-state index contributed by atoms with van der Waals surface area (Å²) < 4.78 is 10.5. The van der Waals surface area contributed by atoms with Crippen molar-refractivity contribution in [3.8, 4) is 11.8 Å². The Balaban J connectivity index is 1.52. The third-order valence-electron chi connectivity index (χ3n) is 4.13. The predicted octanol–water partition coefficient (Wildman–Crippen LogP) is 2.16. The highest BCUT2D eigenvalue weighted by Gasteiger charge is 2.41. The second kappa shape index (κ2) is 7.70. The first-order chi connectivity index (χ1) is 13.0. The summed E-state index contributed by atoms with van der Waals surface area (Å²) in [6, 6.07) is 13.9. The average Bonchev–Trinajstić information content (AvgIpc) is 2.95. The van der Waals surface area contributed by atoms with Crippen molar-refractivity contribution in [1.29, 1.82) is 5.26 Å². The number of nitriles is 1. The van der Waals surface area contributed by atoms with E-state index in [9.17, 15) is 14.4 Å². The summed E-state index contributed by atoms with van der Waals surface area (Å²) >= 11 is 0. The van der Waals surface area contributed by atoms with Crippen molar-refractivity contribution in [2.75, 3.05) is 13.2 Å². The van der Waals surface area contributed by atoms with Gasteiger partial charge in [-0.3, -0.25) is 14.5 Å². The summed E-state index contributed by atoms with van der Waals surface area (Å²) in [5.41, 5.74) is 1.08. The molecule has 0 aromatic heterocycles. The van der Waals surface area contributed by atoms with Gasteiger partial charge in [-0.2, -0.15) is 5.26 Å². The molecule has 136 valence electrons. The molecule has 1 atom stereocenters. The minimum absolute atomic E-state index is 0.0354. The number of amides is 2. The molecule has 7 heteroatoms. The van der Waals surface area contributed by atoms with E-state index in [0.717, 1.165) is 4.90 Å². The molecule has 0 radical (unpaired) electrons. The summed E-state index contributed by atoms with van der Waals surface area (Å²) in [4.78, 5) is 37.9. The Morgan fingerprint density at radius 1 is 1.04 bits per heavy atom. The molecule has 2 aromatic carbocycles. The van der Waals surface area contributed by atoms with Crippen molar-refractivity contribution in [3.63, 3.8) is 0 Å². The zero-order chi connectivity index (χ0) is 19.4. The highest BCUT2D eigenvalue weighted by atomic mass is 16.6. The van der Waals surface area contributed by atoms with E-state index in [2.05, 4.69) is 0 Å². The molecule has 1 aliphatic heterocycles. The minimum Gasteiger partial charge on any atom is -0.490 e. The van der Waals surface area contributed by atoms with Gasteiger partial charge in [0.1, 0.15) is 25.0 Å². The molecule has 0 aliphatic carbocycles. The largest absolute Gasteiger partial charge is 0.490 e. The molecule has 0 saturated carbocycles. The van der Waals surface area contributed by atoms with E-state index in [1.165, 1.54) is 6.92 Å². The third-order valence-corrected chi connectivity index (χ3v) is 4.13. The van der Waals surface area contributed by atoms with E-state index in [-0.39, 0.29) is 24.3 Å². The molecular formula is C20H16N2O5. The first-order valence-corrected chi connectivity index (χ1v) is 8.29. The Morgan fingerprint density at radius 2 is 1.63 bits per heavy atom. The van der Waals surface area contributed by atoms with E-state index in [1.807, 2.05) is 6.07 Å². The Morgan fingerprint density at radius 3 is 2.19 bits per heavy atom. The van der Waals surface area contributed by atoms with E-state index in [1.54, 1.807) is 48.5 Å². The lowest BCUT2D eigenvalue weighted by Crippen LogP contribution is -2.44. The number of carbonyl (C=O) groups excluding carboxylic acids is 3. The van der Waals surface area contributed by atoms with Gasteiger partial charge < -0.3 is 9.47 Å². The van der Waals surface area contributed by atoms with Crippen LogP contribution in [0.25, 0.3) is 0 Å². The first-order valence-electron chi connectivity index (χ1n) is 8.29. The molecule has 0 unspecified atom stereocenters. The van der Waals surface area contributed by atoms with Gasteiger partial charge in [0, 0.05) is 0 Å². The molecule has 1 heterocycles. The molecule has 0 spiro atoms. The molecular weight excluding hydrogens is 348 g/mol. The van der Waals surface area contributed by atoms with Crippen molar-refractivity contribution in [2.24, 2.45) is 0 Å². The molecule has 7 nitrogen and oxygen atoms in total. The lowest BCUT2D eigenvalue weighted by atomic mass is 10.1. The smallest absolute Gasteiger partial charge is 0.329 e. The second-order valence-electron chi connectivity index (χ2n) is 5.85. The molecule has 2 amide bonds. The fourth-order valence-electron chi connectivity index (χ4n) is 2.71. The number of rotatable bonds is 6. The number of imide groups is 1. The van der Waals surface area contributed by atoms with Gasteiger partial charge in [-0.15, -0.1) is 0 Å². The van der Waals surface area contributed by atoms with Crippen LogP contribution in [0.4, 0.5) is 0 Å². The first kappa shape index (κ1) is 18.1. The van der Waals surface area contributed by atoms with Gasteiger partial charge in [0.05, 0.1) is 22.8 Å². The summed E-state index contributed by atoms with van der Waals surface area (Å²) in [5.74, 6) is -1.16. The van der Waals surface area contributed by atoms with Crippen molar-refractivity contribution in [3.05, 3.63) is 65.2 Å². The number of carbonyl (C=O) groups is 3. The van der Waals surface area contributed by atoms with E-state index >= 15 is 0 Å². The Hall–Kier alpha value is -3.66. The highest BCUT2D eigenvalue weighted by Crippen LogP contribution is 2.24. The van der Waals surface area contributed by atoms with Crippen LogP contribution in [0.1, 0.15) is 33.2 Å². The lowest BCUT2D eigenvalue weighted by Gasteiger charge is -2.20. The van der Waals surface area contributed by atoms with E-state index in [0.29, 0.717) is 11.3 Å². The SMILES string of the molecule is C[C@@H](C(=O)OCCOc1ccc(C#N)cc1)N1C(=O)c2ccccc2C1=O. The van der Waals surface area contributed by atoms with Crippen molar-refractivity contribution < 1.29 is 23.9 Å². The Kier molecular flexibility index (Phi) is 5.18.